The molecular weight excluding hydrogens is 327 g/mol. The Balaban J connectivity index is 1.52. The van der Waals surface area contributed by atoms with Gasteiger partial charge in [-0.15, -0.1) is 0 Å². The molecule has 24 heavy (non-hydrogen) atoms. The van der Waals surface area contributed by atoms with E-state index in [-0.39, 0.29) is 11.7 Å². The van der Waals surface area contributed by atoms with Crippen molar-refractivity contribution in [2.45, 2.75) is 26.2 Å². The van der Waals surface area contributed by atoms with E-state index in [0.717, 1.165) is 25.9 Å². The van der Waals surface area contributed by atoms with E-state index in [1.165, 1.54) is 17.7 Å². The van der Waals surface area contributed by atoms with Crippen molar-refractivity contribution in [1.82, 2.24) is 15.3 Å². The number of nitrogens with one attached hydrogen (secondary N) is 1. The van der Waals surface area contributed by atoms with Crippen LogP contribution in [0.15, 0.2) is 23.2 Å². The van der Waals surface area contributed by atoms with E-state index in [0.29, 0.717) is 36.0 Å². The van der Waals surface area contributed by atoms with Crippen LogP contribution in [0.5, 0.6) is 0 Å². The fraction of sp³-hybridized carbons (Fsp3) is 0.471. The van der Waals surface area contributed by atoms with Crippen LogP contribution in [0.4, 0.5) is 10.2 Å². The Hall–Kier alpha value is -2.02. The molecule has 3 rings (SSSR count). The van der Waals surface area contributed by atoms with Crippen molar-refractivity contribution in [1.29, 1.82) is 0 Å². The topological polar surface area (TPSA) is 58.1 Å². The third kappa shape index (κ3) is 3.72. The van der Waals surface area contributed by atoms with Crippen LogP contribution in [-0.2, 0) is 6.42 Å². The number of carbonyl (C=O) groups excluding carboxylic acids is 1. The number of halogens is 1. The van der Waals surface area contributed by atoms with Crippen LogP contribution in [0.3, 0.4) is 0 Å². The van der Waals surface area contributed by atoms with E-state index in [4.69, 9.17) is 0 Å². The standard InChI is InChI=1S/C17H21FN4OS/c1-2-14-15(18)16(21-11-20-14)22-6-3-12(4-7-22)9-19-17(23)13-5-8-24-10-13/h5,8,10-12H,2-4,6-7,9H2,1H3,(H,19,23). The van der Waals surface area contributed by atoms with Crippen LogP contribution < -0.4 is 10.2 Å². The lowest BCUT2D eigenvalue weighted by Gasteiger charge is -2.33. The Labute approximate surface area is 144 Å². The molecule has 1 aliphatic rings. The average Bonchev–Trinajstić information content (AvgIpc) is 3.15. The summed E-state index contributed by atoms with van der Waals surface area (Å²) in [6.45, 7) is 4.04. The van der Waals surface area contributed by atoms with Gasteiger partial charge in [-0.1, -0.05) is 6.92 Å². The highest BCUT2D eigenvalue weighted by Gasteiger charge is 2.24. The Bertz CT molecular complexity index is 684. The number of amides is 1. The molecule has 128 valence electrons. The summed E-state index contributed by atoms with van der Waals surface area (Å²) >= 11 is 1.52. The van der Waals surface area contributed by atoms with Gasteiger partial charge in [0.05, 0.1) is 5.69 Å². The predicted molar refractivity (Wildman–Crippen MR) is 93.0 cm³/mol. The number of nitrogens with zero attached hydrogens (tertiary/aromatic N) is 3. The van der Waals surface area contributed by atoms with E-state index < -0.39 is 0 Å². The van der Waals surface area contributed by atoms with Crippen LogP contribution in [0.1, 0.15) is 35.8 Å². The van der Waals surface area contributed by atoms with Crippen molar-refractivity contribution in [3.63, 3.8) is 0 Å². The second kappa shape index (κ2) is 7.70. The maximum absolute atomic E-state index is 14.3. The zero-order chi connectivity index (χ0) is 16.9. The monoisotopic (exact) mass is 348 g/mol. The van der Waals surface area contributed by atoms with Crippen LogP contribution in [0, 0.1) is 11.7 Å². The first-order valence-corrected chi connectivity index (χ1v) is 9.18. The van der Waals surface area contributed by atoms with Crippen LogP contribution in [-0.4, -0.2) is 35.5 Å². The molecule has 0 aliphatic carbocycles. The quantitative estimate of drug-likeness (QED) is 0.903. The van der Waals surface area contributed by atoms with Gasteiger partial charge in [-0.3, -0.25) is 4.79 Å². The fourth-order valence-corrected chi connectivity index (χ4v) is 3.58. The number of hydrogen-bond donors (Lipinski definition) is 1. The normalized spacial score (nSPS) is 15.5. The molecule has 2 aromatic heterocycles. The summed E-state index contributed by atoms with van der Waals surface area (Å²) in [5, 5.41) is 6.73. The molecule has 0 atom stereocenters. The van der Waals surface area contributed by atoms with Crippen molar-refractivity contribution in [2.75, 3.05) is 24.5 Å². The van der Waals surface area contributed by atoms with E-state index in [2.05, 4.69) is 15.3 Å². The first-order chi connectivity index (χ1) is 11.7. The number of anilines is 1. The number of aromatic nitrogens is 2. The number of thiophene rings is 1. The number of aryl methyl sites for hydroxylation is 1. The third-order valence-electron chi connectivity index (χ3n) is 4.43. The first-order valence-electron chi connectivity index (χ1n) is 8.23. The number of hydrogen-bond acceptors (Lipinski definition) is 5. The molecule has 1 N–H and O–H groups in total. The lowest BCUT2D eigenvalue weighted by molar-refractivity contribution is 0.0945. The third-order valence-corrected chi connectivity index (χ3v) is 5.11. The van der Waals surface area contributed by atoms with Crippen molar-refractivity contribution in [3.05, 3.63) is 40.2 Å². The highest BCUT2D eigenvalue weighted by Crippen LogP contribution is 2.24. The Morgan fingerprint density at radius 1 is 1.42 bits per heavy atom. The molecule has 1 amide bonds. The SMILES string of the molecule is CCc1ncnc(N2CCC(CNC(=O)c3ccsc3)CC2)c1F. The Kier molecular flexibility index (Phi) is 5.40. The van der Waals surface area contributed by atoms with Crippen molar-refractivity contribution in [2.24, 2.45) is 5.92 Å². The van der Waals surface area contributed by atoms with Gasteiger partial charge in [0.1, 0.15) is 6.33 Å². The molecular formula is C17H21FN4OS. The lowest BCUT2D eigenvalue weighted by atomic mass is 9.96. The highest BCUT2D eigenvalue weighted by atomic mass is 32.1. The fourth-order valence-electron chi connectivity index (χ4n) is 2.94. The summed E-state index contributed by atoms with van der Waals surface area (Å²) in [7, 11) is 0. The summed E-state index contributed by atoms with van der Waals surface area (Å²) in [6.07, 6.45) is 3.82. The van der Waals surface area contributed by atoms with Gasteiger partial charge in [0, 0.05) is 30.6 Å². The molecule has 7 heteroatoms. The van der Waals surface area contributed by atoms with Gasteiger partial charge in [-0.05, 0) is 36.6 Å². The Morgan fingerprint density at radius 2 is 2.21 bits per heavy atom. The Morgan fingerprint density at radius 3 is 2.88 bits per heavy atom. The number of carbonyl (C=O) groups is 1. The smallest absolute Gasteiger partial charge is 0.252 e. The summed E-state index contributed by atoms with van der Waals surface area (Å²) in [6, 6.07) is 1.83. The summed E-state index contributed by atoms with van der Waals surface area (Å²) in [4.78, 5) is 22.0. The van der Waals surface area contributed by atoms with E-state index >= 15 is 0 Å². The van der Waals surface area contributed by atoms with Gasteiger partial charge < -0.3 is 10.2 Å². The lowest BCUT2D eigenvalue weighted by Crippen LogP contribution is -2.39. The molecule has 0 aromatic carbocycles. The minimum atomic E-state index is -0.302. The first kappa shape index (κ1) is 16.8. The summed E-state index contributed by atoms with van der Waals surface area (Å²) in [5.41, 5.74) is 1.18. The molecule has 3 heterocycles. The number of piperidine rings is 1. The molecule has 1 saturated heterocycles. The number of rotatable bonds is 5. The van der Waals surface area contributed by atoms with Crippen molar-refractivity contribution in [3.8, 4) is 0 Å². The van der Waals surface area contributed by atoms with Gasteiger partial charge in [-0.2, -0.15) is 11.3 Å². The minimum absolute atomic E-state index is 0.0203. The van der Waals surface area contributed by atoms with Crippen LogP contribution >= 0.6 is 11.3 Å². The highest BCUT2D eigenvalue weighted by molar-refractivity contribution is 7.08. The molecule has 1 fully saturated rings. The summed E-state index contributed by atoms with van der Waals surface area (Å²) < 4.78 is 14.3. The second-order valence-electron chi connectivity index (χ2n) is 5.96. The van der Waals surface area contributed by atoms with Gasteiger partial charge in [0.25, 0.3) is 5.91 Å². The molecule has 0 unspecified atom stereocenters. The van der Waals surface area contributed by atoms with Gasteiger partial charge in [-0.25, -0.2) is 14.4 Å². The molecule has 0 saturated carbocycles. The molecule has 0 bridgehead atoms. The van der Waals surface area contributed by atoms with E-state index in [9.17, 15) is 9.18 Å². The molecule has 0 radical (unpaired) electrons. The zero-order valence-corrected chi connectivity index (χ0v) is 14.5. The van der Waals surface area contributed by atoms with Gasteiger partial charge in [0.15, 0.2) is 11.6 Å². The zero-order valence-electron chi connectivity index (χ0n) is 13.7. The second-order valence-corrected chi connectivity index (χ2v) is 6.74. The maximum Gasteiger partial charge on any atom is 0.252 e. The van der Waals surface area contributed by atoms with Crippen molar-refractivity contribution < 1.29 is 9.18 Å². The maximum atomic E-state index is 14.3. The van der Waals surface area contributed by atoms with E-state index in [1.807, 2.05) is 28.7 Å². The average molecular weight is 348 g/mol. The molecule has 0 spiro atoms. The van der Waals surface area contributed by atoms with Gasteiger partial charge >= 0.3 is 0 Å². The largest absolute Gasteiger partial charge is 0.354 e. The van der Waals surface area contributed by atoms with Gasteiger partial charge in [0.2, 0.25) is 0 Å². The summed E-state index contributed by atoms with van der Waals surface area (Å²) in [5.74, 6) is 0.499. The van der Waals surface area contributed by atoms with Crippen LogP contribution in [0.2, 0.25) is 0 Å². The predicted octanol–water partition coefficient (Wildman–Crippen LogP) is 2.89. The molecule has 2 aromatic rings. The van der Waals surface area contributed by atoms with E-state index in [1.54, 1.807) is 0 Å². The molecule has 1 aliphatic heterocycles. The molecule has 5 nitrogen and oxygen atoms in total. The van der Waals surface area contributed by atoms with Crippen molar-refractivity contribution >= 4 is 23.1 Å². The van der Waals surface area contributed by atoms with Crippen LogP contribution in [0.25, 0.3) is 0 Å². The minimum Gasteiger partial charge on any atom is -0.354 e.